The van der Waals surface area contributed by atoms with E-state index in [1.807, 2.05) is 6.07 Å². The standard InChI is InChI=1S/C19H13F3N8O2/c20-19(21,22)32-13-3-1-12(2-4-13)26-17(31)10-30-15(8-23)14(9-25-30)11-5-6-29-16(7-11)27-18(24)28-29/h1-7,9H,10H2,(H2,24,28)(H,26,31). The van der Waals surface area contributed by atoms with Crippen molar-refractivity contribution in [3.8, 4) is 22.9 Å². The van der Waals surface area contributed by atoms with Gasteiger partial charge in [-0.05, 0) is 42.0 Å². The van der Waals surface area contributed by atoms with Crippen molar-refractivity contribution in [2.24, 2.45) is 0 Å². The molecule has 3 N–H and O–H groups in total. The quantitative estimate of drug-likeness (QED) is 0.485. The first-order valence-corrected chi connectivity index (χ1v) is 8.96. The van der Waals surface area contributed by atoms with Crippen LogP contribution in [0.1, 0.15) is 5.69 Å². The molecule has 1 amide bonds. The number of hydrogen-bond acceptors (Lipinski definition) is 7. The maximum atomic E-state index is 12.4. The largest absolute Gasteiger partial charge is 0.573 e. The van der Waals surface area contributed by atoms with Gasteiger partial charge in [0.25, 0.3) is 0 Å². The summed E-state index contributed by atoms with van der Waals surface area (Å²) in [6, 6.07) is 10.1. The zero-order chi connectivity index (χ0) is 22.9. The molecule has 10 nitrogen and oxygen atoms in total. The molecule has 4 aromatic rings. The van der Waals surface area contributed by atoms with Gasteiger partial charge in [-0.15, -0.1) is 18.3 Å². The molecule has 0 saturated heterocycles. The Morgan fingerprint density at radius 3 is 2.69 bits per heavy atom. The van der Waals surface area contributed by atoms with Crippen molar-refractivity contribution in [2.45, 2.75) is 12.9 Å². The summed E-state index contributed by atoms with van der Waals surface area (Å²) < 4.78 is 43.2. The molecule has 0 aliphatic heterocycles. The summed E-state index contributed by atoms with van der Waals surface area (Å²) in [5.41, 5.74) is 7.57. The molecule has 0 spiro atoms. The van der Waals surface area contributed by atoms with Gasteiger partial charge in [0.15, 0.2) is 5.65 Å². The number of nitrogen functional groups attached to an aromatic ring is 1. The van der Waals surface area contributed by atoms with Gasteiger partial charge in [0.2, 0.25) is 11.9 Å². The fourth-order valence-corrected chi connectivity index (χ4v) is 2.98. The number of anilines is 2. The summed E-state index contributed by atoms with van der Waals surface area (Å²) in [6.07, 6.45) is -1.73. The van der Waals surface area contributed by atoms with Crippen LogP contribution in [0.25, 0.3) is 16.8 Å². The highest BCUT2D eigenvalue weighted by Gasteiger charge is 2.31. The lowest BCUT2D eigenvalue weighted by atomic mass is 10.1. The van der Waals surface area contributed by atoms with Crippen LogP contribution in [0, 0.1) is 11.3 Å². The minimum absolute atomic E-state index is 0.105. The molecule has 0 fully saturated rings. The summed E-state index contributed by atoms with van der Waals surface area (Å²) in [6.45, 7) is -0.288. The molecule has 0 unspecified atom stereocenters. The smallest absolute Gasteiger partial charge is 0.406 e. The molecule has 0 aliphatic carbocycles. The third-order valence-electron chi connectivity index (χ3n) is 4.28. The molecular weight excluding hydrogens is 429 g/mol. The number of nitrogens with one attached hydrogen (secondary N) is 1. The number of nitriles is 1. The topological polar surface area (TPSA) is 136 Å². The van der Waals surface area contributed by atoms with Gasteiger partial charge in [0, 0.05) is 17.4 Å². The highest BCUT2D eigenvalue weighted by atomic mass is 19.4. The zero-order valence-electron chi connectivity index (χ0n) is 16.0. The van der Waals surface area contributed by atoms with Gasteiger partial charge in [-0.2, -0.15) is 15.3 Å². The molecule has 4 rings (SSSR count). The third kappa shape index (κ3) is 4.43. The van der Waals surface area contributed by atoms with Crippen LogP contribution in [0.4, 0.5) is 24.8 Å². The number of pyridine rings is 1. The number of benzene rings is 1. The molecule has 162 valence electrons. The lowest BCUT2D eigenvalue weighted by molar-refractivity contribution is -0.274. The minimum atomic E-state index is -4.80. The molecule has 1 aromatic carbocycles. The molecular formula is C19H13F3N8O2. The fraction of sp³-hybridized carbons (Fsp3) is 0.105. The number of hydrogen-bond donors (Lipinski definition) is 2. The number of nitrogens with zero attached hydrogens (tertiary/aromatic N) is 6. The normalized spacial score (nSPS) is 11.3. The summed E-state index contributed by atoms with van der Waals surface area (Å²) in [7, 11) is 0. The van der Waals surface area contributed by atoms with Crippen LogP contribution in [0.15, 0.2) is 48.8 Å². The van der Waals surface area contributed by atoms with E-state index in [4.69, 9.17) is 5.73 Å². The number of aromatic nitrogens is 5. The summed E-state index contributed by atoms with van der Waals surface area (Å²) in [5.74, 6) is -0.834. The number of halogens is 3. The number of carbonyl (C=O) groups is 1. The van der Waals surface area contributed by atoms with Crippen LogP contribution in [0.2, 0.25) is 0 Å². The number of ether oxygens (including phenoxy) is 1. The van der Waals surface area contributed by atoms with E-state index >= 15 is 0 Å². The van der Waals surface area contributed by atoms with E-state index in [1.165, 1.54) is 27.5 Å². The van der Waals surface area contributed by atoms with Gasteiger partial charge in [-0.25, -0.2) is 9.20 Å². The average molecular weight is 442 g/mol. The third-order valence-corrected chi connectivity index (χ3v) is 4.28. The second kappa shape index (κ2) is 7.91. The predicted octanol–water partition coefficient (Wildman–Crippen LogP) is 2.58. The maximum Gasteiger partial charge on any atom is 0.573 e. The first-order chi connectivity index (χ1) is 15.2. The second-order valence-corrected chi connectivity index (χ2v) is 6.48. The van der Waals surface area contributed by atoms with Crippen molar-refractivity contribution >= 4 is 23.2 Å². The van der Waals surface area contributed by atoms with Crippen LogP contribution in [0.5, 0.6) is 5.75 Å². The van der Waals surface area contributed by atoms with Crippen molar-refractivity contribution in [2.75, 3.05) is 11.1 Å². The monoisotopic (exact) mass is 442 g/mol. The van der Waals surface area contributed by atoms with E-state index in [0.29, 0.717) is 16.8 Å². The van der Waals surface area contributed by atoms with Crippen LogP contribution < -0.4 is 15.8 Å². The Morgan fingerprint density at radius 2 is 2.00 bits per heavy atom. The first kappa shape index (κ1) is 20.7. The summed E-state index contributed by atoms with van der Waals surface area (Å²) in [4.78, 5) is 16.4. The van der Waals surface area contributed by atoms with Gasteiger partial charge in [-0.1, -0.05) is 0 Å². The molecule has 3 aromatic heterocycles. The van der Waals surface area contributed by atoms with Gasteiger partial charge < -0.3 is 15.8 Å². The van der Waals surface area contributed by atoms with E-state index < -0.39 is 18.0 Å². The number of amides is 1. The Morgan fingerprint density at radius 1 is 1.25 bits per heavy atom. The number of carbonyl (C=O) groups excluding carboxylic acids is 1. The fourth-order valence-electron chi connectivity index (χ4n) is 2.98. The SMILES string of the molecule is N#Cc1c(-c2ccn3nc(N)nc3c2)cnn1CC(=O)Nc1ccc(OC(F)(F)F)cc1. The van der Waals surface area contributed by atoms with Crippen LogP contribution in [-0.2, 0) is 11.3 Å². The number of fused-ring (bicyclic) bond motifs is 1. The molecule has 0 atom stereocenters. The molecule has 0 bridgehead atoms. The highest BCUT2D eigenvalue weighted by molar-refractivity contribution is 5.90. The first-order valence-electron chi connectivity index (χ1n) is 8.96. The van der Waals surface area contributed by atoms with E-state index in [1.54, 1.807) is 18.3 Å². The van der Waals surface area contributed by atoms with E-state index in [2.05, 4.69) is 25.2 Å². The van der Waals surface area contributed by atoms with Crippen molar-refractivity contribution in [3.05, 3.63) is 54.5 Å². The molecule has 0 aliphatic rings. The minimum Gasteiger partial charge on any atom is -0.406 e. The number of nitrogens with two attached hydrogens (primary N) is 1. The molecule has 32 heavy (non-hydrogen) atoms. The van der Waals surface area contributed by atoms with Gasteiger partial charge >= 0.3 is 6.36 Å². The Labute approximate surface area is 177 Å². The van der Waals surface area contributed by atoms with Crippen LogP contribution in [0.3, 0.4) is 0 Å². The van der Waals surface area contributed by atoms with Crippen LogP contribution in [-0.4, -0.2) is 36.6 Å². The maximum absolute atomic E-state index is 12.4. The number of alkyl halides is 3. The molecule has 3 heterocycles. The Balaban J connectivity index is 1.49. The summed E-state index contributed by atoms with van der Waals surface area (Å²) in [5, 5.41) is 20.2. The number of rotatable bonds is 5. The van der Waals surface area contributed by atoms with Gasteiger partial charge in [0.05, 0.1) is 6.20 Å². The predicted molar refractivity (Wildman–Crippen MR) is 105 cm³/mol. The second-order valence-electron chi connectivity index (χ2n) is 6.48. The Bertz CT molecular complexity index is 1340. The lowest BCUT2D eigenvalue weighted by Gasteiger charge is -2.10. The van der Waals surface area contributed by atoms with Crippen molar-refractivity contribution < 1.29 is 22.7 Å². The molecule has 0 radical (unpaired) electrons. The average Bonchev–Trinajstić information content (AvgIpc) is 3.29. The van der Waals surface area contributed by atoms with Crippen molar-refractivity contribution in [1.82, 2.24) is 24.4 Å². The van der Waals surface area contributed by atoms with Gasteiger partial charge in [-0.3, -0.25) is 4.79 Å². The van der Waals surface area contributed by atoms with Crippen molar-refractivity contribution in [3.63, 3.8) is 0 Å². The van der Waals surface area contributed by atoms with Crippen molar-refractivity contribution in [1.29, 1.82) is 5.26 Å². The Hall–Kier alpha value is -4.60. The molecule has 13 heteroatoms. The zero-order valence-corrected chi connectivity index (χ0v) is 16.0. The van der Waals surface area contributed by atoms with E-state index in [9.17, 15) is 23.2 Å². The highest BCUT2D eigenvalue weighted by Crippen LogP contribution is 2.25. The molecule has 0 saturated carbocycles. The lowest BCUT2D eigenvalue weighted by Crippen LogP contribution is -2.20. The summed E-state index contributed by atoms with van der Waals surface area (Å²) >= 11 is 0. The van der Waals surface area contributed by atoms with E-state index in [0.717, 1.165) is 12.1 Å². The Kier molecular flexibility index (Phi) is 5.11. The van der Waals surface area contributed by atoms with E-state index in [-0.39, 0.29) is 23.9 Å². The van der Waals surface area contributed by atoms with Crippen LogP contribution >= 0.6 is 0 Å². The van der Waals surface area contributed by atoms with Gasteiger partial charge in [0.1, 0.15) is 24.1 Å².